The van der Waals surface area contributed by atoms with Crippen molar-refractivity contribution in [1.82, 2.24) is 4.98 Å². The van der Waals surface area contributed by atoms with E-state index in [-0.39, 0.29) is 0 Å². The number of nitrogens with one attached hydrogen (secondary N) is 1. The molecule has 80 valence electrons. The van der Waals surface area contributed by atoms with Gasteiger partial charge in [0.05, 0.1) is 0 Å². The zero-order valence-electron chi connectivity index (χ0n) is 8.77. The molecule has 0 amide bonds. The largest absolute Gasteiger partial charge is 0.507 e. The van der Waals surface area contributed by atoms with Crippen LogP contribution in [-0.2, 0) is 6.42 Å². The molecule has 0 atom stereocenters. The van der Waals surface area contributed by atoms with Gasteiger partial charge in [0, 0.05) is 23.9 Å². The Balaban J connectivity index is 2.21. The van der Waals surface area contributed by atoms with Crippen molar-refractivity contribution in [2.75, 3.05) is 11.9 Å². The van der Waals surface area contributed by atoms with Gasteiger partial charge in [0.25, 0.3) is 0 Å². The van der Waals surface area contributed by atoms with Crippen LogP contribution in [0.5, 0.6) is 5.75 Å². The molecule has 0 aliphatic carbocycles. The Bertz CT molecular complexity index is 537. The maximum atomic E-state index is 9.85. The summed E-state index contributed by atoms with van der Waals surface area (Å²) in [4.78, 5) is 4.28. The van der Waals surface area contributed by atoms with Crippen LogP contribution in [0.4, 0.5) is 5.82 Å². The fourth-order valence-electron chi connectivity index (χ4n) is 2.16. The van der Waals surface area contributed by atoms with E-state index in [1.165, 1.54) is 5.56 Å². The molecule has 2 heterocycles. The third-order valence-corrected chi connectivity index (χ3v) is 2.92. The van der Waals surface area contributed by atoms with Gasteiger partial charge in [0.2, 0.25) is 0 Å². The first-order valence-electron chi connectivity index (χ1n) is 5.36. The maximum Gasteiger partial charge on any atom is 0.129 e. The van der Waals surface area contributed by atoms with E-state index < -0.39 is 0 Å². The zero-order valence-corrected chi connectivity index (χ0v) is 8.77. The lowest BCUT2D eigenvalue weighted by Gasteiger charge is -2.08. The number of anilines is 1. The van der Waals surface area contributed by atoms with Gasteiger partial charge < -0.3 is 10.4 Å². The second-order valence-corrected chi connectivity index (χ2v) is 3.88. The topological polar surface area (TPSA) is 45.2 Å². The molecule has 2 aromatic rings. The summed E-state index contributed by atoms with van der Waals surface area (Å²) in [5, 5.41) is 13.1. The van der Waals surface area contributed by atoms with Gasteiger partial charge in [-0.25, -0.2) is 4.98 Å². The molecule has 16 heavy (non-hydrogen) atoms. The van der Waals surface area contributed by atoms with Crippen LogP contribution in [0, 0.1) is 0 Å². The predicted octanol–water partition coefficient (Wildman–Crippen LogP) is 2.42. The lowest BCUT2D eigenvalue weighted by atomic mass is 9.99. The van der Waals surface area contributed by atoms with Gasteiger partial charge in [0.15, 0.2) is 0 Å². The maximum absolute atomic E-state index is 9.85. The average molecular weight is 212 g/mol. The van der Waals surface area contributed by atoms with E-state index in [4.69, 9.17) is 0 Å². The van der Waals surface area contributed by atoms with Gasteiger partial charge in [-0.2, -0.15) is 0 Å². The number of aromatic hydroxyl groups is 1. The number of rotatable bonds is 1. The third-order valence-electron chi connectivity index (χ3n) is 2.92. The van der Waals surface area contributed by atoms with E-state index >= 15 is 0 Å². The number of para-hydroxylation sites is 1. The summed E-state index contributed by atoms with van der Waals surface area (Å²) in [6.45, 7) is 0.924. The summed E-state index contributed by atoms with van der Waals surface area (Å²) in [5.41, 5.74) is 3.15. The molecule has 0 saturated heterocycles. The number of hydrogen-bond donors (Lipinski definition) is 2. The molecule has 1 aliphatic heterocycles. The van der Waals surface area contributed by atoms with Gasteiger partial charge in [0.1, 0.15) is 11.6 Å². The number of phenolic OH excluding ortho intramolecular Hbond substituents is 1. The molecular formula is C13H12N2O. The highest BCUT2D eigenvalue weighted by atomic mass is 16.3. The van der Waals surface area contributed by atoms with Crippen LogP contribution in [0.15, 0.2) is 36.5 Å². The summed E-state index contributed by atoms with van der Waals surface area (Å²) in [6.07, 6.45) is 2.74. The van der Waals surface area contributed by atoms with Crippen molar-refractivity contribution in [1.29, 1.82) is 0 Å². The zero-order chi connectivity index (χ0) is 11.0. The first kappa shape index (κ1) is 9.21. The lowest BCUT2D eigenvalue weighted by Crippen LogP contribution is -1.92. The van der Waals surface area contributed by atoms with Crippen LogP contribution in [-0.4, -0.2) is 16.6 Å². The molecule has 1 aliphatic rings. The number of hydrogen-bond acceptors (Lipinski definition) is 3. The number of fused-ring (bicyclic) bond motifs is 1. The highest BCUT2D eigenvalue weighted by molar-refractivity contribution is 5.77. The Morgan fingerprint density at radius 1 is 1.12 bits per heavy atom. The van der Waals surface area contributed by atoms with Gasteiger partial charge >= 0.3 is 0 Å². The summed E-state index contributed by atoms with van der Waals surface area (Å²) in [5.74, 6) is 1.27. The van der Waals surface area contributed by atoms with Crippen molar-refractivity contribution in [2.24, 2.45) is 0 Å². The van der Waals surface area contributed by atoms with E-state index in [0.29, 0.717) is 5.75 Å². The SMILES string of the molecule is Oc1ccccc1-c1ccnc2c1CCN2. The third kappa shape index (κ3) is 1.33. The van der Waals surface area contributed by atoms with Crippen LogP contribution in [0.25, 0.3) is 11.1 Å². The molecule has 0 fully saturated rings. The fraction of sp³-hybridized carbons (Fsp3) is 0.154. The molecule has 3 rings (SSSR count). The average Bonchev–Trinajstić information content (AvgIpc) is 2.77. The highest BCUT2D eigenvalue weighted by Crippen LogP contribution is 2.35. The van der Waals surface area contributed by atoms with Crippen LogP contribution >= 0.6 is 0 Å². The molecular weight excluding hydrogens is 200 g/mol. The van der Waals surface area contributed by atoms with E-state index in [0.717, 1.165) is 29.9 Å². The smallest absolute Gasteiger partial charge is 0.129 e. The Kier molecular flexibility index (Phi) is 2.03. The number of phenols is 1. The number of nitrogens with zero attached hydrogens (tertiary/aromatic N) is 1. The quantitative estimate of drug-likeness (QED) is 0.763. The molecule has 0 saturated carbocycles. The summed E-state index contributed by atoms with van der Waals surface area (Å²) >= 11 is 0. The number of benzene rings is 1. The summed E-state index contributed by atoms with van der Waals surface area (Å²) < 4.78 is 0. The van der Waals surface area contributed by atoms with E-state index in [1.807, 2.05) is 24.3 Å². The Morgan fingerprint density at radius 3 is 2.88 bits per heavy atom. The normalized spacial score (nSPS) is 13.2. The standard InChI is InChI=1S/C13H12N2O/c16-12-4-2-1-3-10(12)9-5-7-14-13-11(9)6-8-15-13/h1-5,7,16H,6,8H2,(H,14,15). The van der Waals surface area contributed by atoms with Gasteiger partial charge in [-0.1, -0.05) is 18.2 Å². The second-order valence-electron chi connectivity index (χ2n) is 3.88. The van der Waals surface area contributed by atoms with E-state index in [9.17, 15) is 5.11 Å². The van der Waals surface area contributed by atoms with Crippen molar-refractivity contribution < 1.29 is 5.11 Å². The van der Waals surface area contributed by atoms with Gasteiger partial charge in [-0.05, 0) is 24.1 Å². The molecule has 0 bridgehead atoms. The minimum absolute atomic E-state index is 0.322. The molecule has 2 N–H and O–H groups in total. The molecule has 0 unspecified atom stereocenters. The van der Waals surface area contributed by atoms with Gasteiger partial charge in [-0.15, -0.1) is 0 Å². The predicted molar refractivity (Wildman–Crippen MR) is 63.5 cm³/mol. The summed E-state index contributed by atoms with van der Waals surface area (Å²) in [7, 11) is 0. The molecule has 3 nitrogen and oxygen atoms in total. The molecule has 1 aromatic carbocycles. The molecule has 0 spiro atoms. The van der Waals surface area contributed by atoms with Crippen LogP contribution in [0.2, 0.25) is 0 Å². The van der Waals surface area contributed by atoms with Crippen LogP contribution in [0.3, 0.4) is 0 Å². The first-order chi connectivity index (χ1) is 7.86. The van der Waals surface area contributed by atoms with Crippen molar-refractivity contribution in [3.63, 3.8) is 0 Å². The van der Waals surface area contributed by atoms with Crippen molar-refractivity contribution >= 4 is 5.82 Å². The number of pyridine rings is 1. The Morgan fingerprint density at radius 2 is 2.00 bits per heavy atom. The molecule has 3 heteroatoms. The highest BCUT2D eigenvalue weighted by Gasteiger charge is 2.17. The molecule has 0 radical (unpaired) electrons. The van der Waals surface area contributed by atoms with E-state index in [1.54, 1.807) is 12.3 Å². The molecule has 1 aromatic heterocycles. The first-order valence-corrected chi connectivity index (χ1v) is 5.36. The fourth-order valence-corrected chi connectivity index (χ4v) is 2.16. The monoisotopic (exact) mass is 212 g/mol. The van der Waals surface area contributed by atoms with Crippen LogP contribution < -0.4 is 5.32 Å². The number of aromatic nitrogens is 1. The minimum atomic E-state index is 0.322. The van der Waals surface area contributed by atoms with E-state index in [2.05, 4.69) is 10.3 Å². The minimum Gasteiger partial charge on any atom is -0.507 e. The lowest BCUT2D eigenvalue weighted by molar-refractivity contribution is 0.477. The van der Waals surface area contributed by atoms with Crippen molar-refractivity contribution in [2.45, 2.75) is 6.42 Å². The Labute approximate surface area is 93.8 Å². The van der Waals surface area contributed by atoms with Crippen molar-refractivity contribution in [3.05, 3.63) is 42.1 Å². The summed E-state index contributed by atoms with van der Waals surface area (Å²) in [6, 6.07) is 9.37. The Hall–Kier alpha value is -2.03. The second kappa shape index (κ2) is 3.52. The van der Waals surface area contributed by atoms with Crippen LogP contribution in [0.1, 0.15) is 5.56 Å². The van der Waals surface area contributed by atoms with Crippen molar-refractivity contribution in [3.8, 4) is 16.9 Å². The van der Waals surface area contributed by atoms with Gasteiger partial charge in [-0.3, -0.25) is 0 Å².